The van der Waals surface area contributed by atoms with Gasteiger partial charge in [0.05, 0.1) is 5.02 Å². The van der Waals surface area contributed by atoms with Gasteiger partial charge in [-0.3, -0.25) is 4.79 Å². The molecule has 5 rings (SSSR count). The molecule has 0 unspecified atom stereocenters. The summed E-state index contributed by atoms with van der Waals surface area (Å²) in [6, 6.07) is 5.69. The van der Waals surface area contributed by atoms with E-state index >= 15 is 4.39 Å². The number of piperazine rings is 1. The molecule has 0 aliphatic carbocycles. The molecule has 39 heavy (non-hydrogen) atoms. The van der Waals surface area contributed by atoms with Gasteiger partial charge in [0.15, 0.2) is 5.82 Å². The third kappa shape index (κ3) is 4.92. The number of amides is 1. The molecule has 1 amide bonds. The van der Waals surface area contributed by atoms with E-state index in [2.05, 4.69) is 21.4 Å². The van der Waals surface area contributed by atoms with Crippen LogP contribution in [-0.2, 0) is 4.79 Å². The van der Waals surface area contributed by atoms with Crippen LogP contribution in [0.5, 0.6) is 0 Å². The van der Waals surface area contributed by atoms with Gasteiger partial charge in [-0.15, -0.1) is 0 Å². The standard InChI is InChI=1S/C28H30Cl2F2N6O/c1-6-23(39)37-11-16(3)38(12-15(37)2)27-20-10-21(30)24(19-8-7-17(29)9-22(19)31)25(32)26(20)33-28(34-27)36-13-18(14-36)35(4)5/h6-10,15-16,18H,1,11-14H2,2-5H3/t15-,16+/m1/s1. The number of aromatic nitrogens is 2. The van der Waals surface area contributed by atoms with Gasteiger partial charge in [0.2, 0.25) is 11.9 Å². The van der Waals surface area contributed by atoms with Crippen molar-refractivity contribution in [2.45, 2.75) is 32.0 Å². The molecule has 11 heteroatoms. The van der Waals surface area contributed by atoms with E-state index in [4.69, 9.17) is 28.2 Å². The van der Waals surface area contributed by atoms with E-state index in [0.717, 1.165) is 6.07 Å². The zero-order valence-corrected chi connectivity index (χ0v) is 23.8. The van der Waals surface area contributed by atoms with Crippen molar-refractivity contribution in [2.75, 3.05) is 50.1 Å². The van der Waals surface area contributed by atoms with E-state index < -0.39 is 11.6 Å². The molecule has 0 bridgehead atoms. The van der Waals surface area contributed by atoms with Gasteiger partial charge in [-0.25, -0.2) is 13.8 Å². The molecule has 2 aromatic carbocycles. The van der Waals surface area contributed by atoms with Crippen molar-refractivity contribution in [2.24, 2.45) is 0 Å². The molecule has 0 saturated carbocycles. The van der Waals surface area contributed by atoms with Gasteiger partial charge in [0, 0.05) is 65.8 Å². The lowest BCUT2D eigenvalue weighted by Gasteiger charge is -2.45. The molecular formula is C28H30Cl2F2N6O. The fourth-order valence-electron chi connectivity index (χ4n) is 5.26. The summed E-state index contributed by atoms with van der Waals surface area (Å²) >= 11 is 12.5. The van der Waals surface area contributed by atoms with E-state index in [1.165, 1.54) is 18.2 Å². The highest BCUT2D eigenvalue weighted by molar-refractivity contribution is 6.34. The van der Waals surface area contributed by atoms with Crippen LogP contribution in [0.15, 0.2) is 36.9 Å². The summed E-state index contributed by atoms with van der Waals surface area (Å²) in [6.07, 6.45) is 1.31. The van der Waals surface area contributed by atoms with Crippen molar-refractivity contribution in [3.05, 3.63) is 58.6 Å². The van der Waals surface area contributed by atoms with Crippen molar-refractivity contribution < 1.29 is 13.6 Å². The quantitative estimate of drug-likeness (QED) is 0.388. The van der Waals surface area contributed by atoms with E-state index in [9.17, 15) is 9.18 Å². The number of anilines is 2. The molecular weight excluding hydrogens is 545 g/mol. The second kappa shape index (κ2) is 10.5. The second-order valence-electron chi connectivity index (χ2n) is 10.5. The Kier molecular flexibility index (Phi) is 7.43. The normalized spacial score (nSPS) is 20.1. The topological polar surface area (TPSA) is 55.8 Å². The first-order valence-corrected chi connectivity index (χ1v) is 13.5. The average Bonchev–Trinajstić information content (AvgIpc) is 2.85. The Morgan fingerprint density at radius 1 is 1.08 bits per heavy atom. The Morgan fingerprint density at radius 3 is 2.44 bits per heavy atom. The van der Waals surface area contributed by atoms with Crippen LogP contribution in [0.4, 0.5) is 20.5 Å². The largest absolute Gasteiger partial charge is 0.349 e. The van der Waals surface area contributed by atoms with Crippen molar-refractivity contribution in [1.29, 1.82) is 0 Å². The molecule has 2 fully saturated rings. The van der Waals surface area contributed by atoms with Crippen LogP contribution in [0.25, 0.3) is 22.0 Å². The number of hydrogen-bond donors (Lipinski definition) is 0. The molecule has 0 N–H and O–H groups in total. The molecule has 1 aromatic heterocycles. The van der Waals surface area contributed by atoms with Crippen LogP contribution in [0.1, 0.15) is 13.8 Å². The Balaban J connectivity index is 1.67. The number of benzene rings is 2. The lowest BCUT2D eigenvalue weighted by atomic mass is 10.0. The lowest BCUT2D eigenvalue weighted by Crippen LogP contribution is -2.59. The van der Waals surface area contributed by atoms with Gasteiger partial charge < -0.3 is 19.6 Å². The zero-order chi connectivity index (χ0) is 28.2. The van der Waals surface area contributed by atoms with Crippen molar-refractivity contribution in [3.8, 4) is 11.1 Å². The van der Waals surface area contributed by atoms with Crippen LogP contribution < -0.4 is 9.80 Å². The highest BCUT2D eigenvalue weighted by Crippen LogP contribution is 2.41. The summed E-state index contributed by atoms with van der Waals surface area (Å²) in [5.41, 5.74) is -0.0197. The summed E-state index contributed by atoms with van der Waals surface area (Å²) in [5, 5.41) is 0.661. The maximum absolute atomic E-state index is 16.3. The van der Waals surface area contributed by atoms with Crippen LogP contribution in [-0.4, -0.2) is 84.1 Å². The smallest absolute Gasteiger partial charge is 0.246 e. The molecule has 206 valence electrons. The number of hydrogen-bond acceptors (Lipinski definition) is 6. The zero-order valence-electron chi connectivity index (χ0n) is 22.3. The fraction of sp³-hybridized carbons (Fsp3) is 0.393. The molecule has 0 radical (unpaired) electrons. The van der Waals surface area contributed by atoms with E-state index in [-0.39, 0.29) is 44.7 Å². The minimum atomic E-state index is -0.727. The van der Waals surface area contributed by atoms with Gasteiger partial charge in [0.25, 0.3) is 0 Å². The number of fused-ring (bicyclic) bond motifs is 1. The summed E-state index contributed by atoms with van der Waals surface area (Å²) in [4.78, 5) is 29.9. The monoisotopic (exact) mass is 574 g/mol. The maximum Gasteiger partial charge on any atom is 0.246 e. The number of carbonyl (C=O) groups is 1. The van der Waals surface area contributed by atoms with Gasteiger partial charge >= 0.3 is 0 Å². The minimum absolute atomic E-state index is 0.000626. The summed E-state index contributed by atoms with van der Waals surface area (Å²) in [7, 11) is 4.02. The maximum atomic E-state index is 16.3. The highest BCUT2D eigenvalue weighted by atomic mass is 35.5. The Hall–Kier alpha value is -3.01. The van der Waals surface area contributed by atoms with Crippen LogP contribution in [0.3, 0.4) is 0 Å². The van der Waals surface area contributed by atoms with Gasteiger partial charge in [-0.1, -0.05) is 29.8 Å². The van der Waals surface area contributed by atoms with Gasteiger partial charge in [-0.2, -0.15) is 4.98 Å². The van der Waals surface area contributed by atoms with Gasteiger partial charge in [-0.05, 0) is 58.3 Å². The number of rotatable bonds is 5. The minimum Gasteiger partial charge on any atom is -0.349 e. The predicted octanol–water partition coefficient (Wildman–Crippen LogP) is 5.24. The molecule has 0 spiro atoms. The van der Waals surface area contributed by atoms with Crippen LogP contribution in [0.2, 0.25) is 10.0 Å². The Labute approximate surface area is 236 Å². The number of nitrogens with zero attached hydrogens (tertiary/aromatic N) is 6. The summed E-state index contributed by atoms with van der Waals surface area (Å²) in [6.45, 7) is 9.87. The second-order valence-corrected chi connectivity index (χ2v) is 11.3. The Bertz CT molecular complexity index is 1460. The molecule has 2 saturated heterocycles. The molecule has 3 heterocycles. The van der Waals surface area contributed by atoms with Crippen LogP contribution in [0, 0.1) is 11.6 Å². The van der Waals surface area contributed by atoms with Gasteiger partial charge in [0.1, 0.15) is 17.2 Å². The summed E-state index contributed by atoms with van der Waals surface area (Å²) < 4.78 is 31.2. The highest BCUT2D eigenvalue weighted by Gasteiger charge is 2.36. The average molecular weight is 575 g/mol. The third-order valence-electron chi connectivity index (χ3n) is 7.64. The van der Waals surface area contributed by atoms with Crippen molar-refractivity contribution in [3.63, 3.8) is 0 Å². The lowest BCUT2D eigenvalue weighted by molar-refractivity contribution is -0.128. The molecule has 2 atom stereocenters. The molecule has 2 aliphatic rings. The molecule has 7 nitrogen and oxygen atoms in total. The Morgan fingerprint density at radius 2 is 1.79 bits per heavy atom. The molecule has 2 aliphatic heterocycles. The first-order chi connectivity index (χ1) is 18.5. The van der Waals surface area contributed by atoms with E-state index in [0.29, 0.717) is 49.4 Å². The predicted molar refractivity (Wildman–Crippen MR) is 153 cm³/mol. The van der Waals surface area contributed by atoms with E-state index in [1.807, 2.05) is 32.8 Å². The fourth-order valence-corrected chi connectivity index (χ4v) is 5.71. The van der Waals surface area contributed by atoms with Crippen LogP contribution >= 0.6 is 23.2 Å². The summed E-state index contributed by atoms with van der Waals surface area (Å²) in [5.74, 6) is -0.629. The first kappa shape index (κ1) is 27.6. The number of carbonyl (C=O) groups excluding carboxylic acids is 1. The SMILES string of the molecule is C=CC(=O)N1C[C@H](C)N(c2nc(N3CC(N(C)C)C3)nc3c(F)c(-c4ccc(Cl)cc4F)c(Cl)cc23)C[C@H]1C. The molecule has 3 aromatic rings. The number of likely N-dealkylation sites (N-methyl/N-ethyl adjacent to an activating group) is 1. The first-order valence-electron chi connectivity index (χ1n) is 12.8. The third-order valence-corrected chi connectivity index (χ3v) is 8.18. The van der Waals surface area contributed by atoms with E-state index in [1.54, 1.807) is 11.0 Å². The van der Waals surface area contributed by atoms with Crippen molar-refractivity contribution >= 4 is 51.8 Å². The van der Waals surface area contributed by atoms with Crippen molar-refractivity contribution in [1.82, 2.24) is 19.8 Å². The number of halogens is 4.